The Morgan fingerprint density at radius 3 is 2.32 bits per heavy atom. The Labute approximate surface area is 139 Å². The summed E-state index contributed by atoms with van der Waals surface area (Å²) >= 11 is 0. The zero-order valence-corrected chi connectivity index (χ0v) is 12.5. The van der Waals surface area contributed by atoms with Gasteiger partial charge in [-0.1, -0.05) is 0 Å². The van der Waals surface area contributed by atoms with Gasteiger partial charge < -0.3 is 14.8 Å². The quantitative estimate of drug-likeness (QED) is 0.636. The summed E-state index contributed by atoms with van der Waals surface area (Å²) in [5, 5.41) is 2.11. The maximum atomic E-state index is 13.4. The van der Waals surface area contributed by atoms with Crippen molar-refractivity contribution in [2.24, 2.45) is 0 Å². The summed E-state index contributed by atoms with van der Waals surface area (Å²) in [4.78, 5) is 23.3. The van der Waals surface area contributed by atoms with Gasteiger partial charge in [-0.2, -0.15) is 8.78 Å². The minimum absolute atomic E-state index is 0.00220. The molecule has 0 fully saturated rings. The monoisotopic (exact) mass is 357 g/mol. The van der Waals surface area contributed by atoms with Gasteiger partial charge in [-0.3, -0.25) is 4.79 Å². The third-order valence-corrected chi connectivity index (χ3v) is 2.85. The van der Waals surface area contributed by atoms with Crippen molar-refractivity contribution in [2.75, 3.05) is 11.9 Å². The van der Waals surface area contributed by atoms with E-state index in [1.54, 1.807) is 0 Å². The van der Waals surface area contributed by atoms with E-state index in [0.717, 1.165) is 24.3 Å². The summed E-state index contributed by atoms with van der Waals surface area (Å²) in [6.07, 6.45) is 0. The third-order valence-electron chi connectivity index (χ3n) is 2.85. The summed E-state index contributed by atoms with van der Waals surface area (Å²) in [5.41, 5.74) is -0.265. The molecule has 2 rings (SSSR count). The maximum absolute atomic E-state index is 13.4. The summed E-state index contributed by atoms with van der Waals surface area (Å²) in [5.74, 6) is -3.65. The second-order valence-corrected chi connectivity index (χ2v) is 4.65. The molecule has 2 aromatic rings. The molecule has 0 radical (unpaired) electrons. The number of esters is 1. The number of amides is 1. The van der Waals surface area contributed by atoms with Crippen LogP contribution in [0.25, 0.3) is 0 Å². The highest BCUT2D eigenvalue weighted by Gasteiger charge is 2.13. The van der Waals surface area contributed by atoms with Crippen LogP contribution in [0.3, 0.4) is 0 Å². The zero-order chi connectivity index (χ0) is 18.4. The molecule has 1 N–H and O–H groups in total. The average molecular weight is 357 g/mol. The van der Waals surface area contributed by atoms with E-state index in [1.165, 1.54) is 12.1 Å². The molecule has 132 valence electrons. The van der Waals surface area contributed by atoms with Gasteiger partial charge in [0.1, 0.15) is 17.4 Å². The summed E-state index contributed by atoms with van der Waals surface area (Å²) in [6, 6.07) is 7.19. The molecule has 0 aliphatic heterocycles. The molecule has 0 saturated carbocycles. The van der Waals surface area contributed by atoms with E-state index in [4.69, 9.17) is 4.74 Å². The van der Waals surface area contributed by atoms with Gasteiger partial charge >= 0.3 is 12.6 Å². The van der Waals surface area contributed by atoms with E-state index >= 15 is 0 Å². The lowest BCUT2D eigenvalue weighted by atomic mass is 10.2. The lowest BCUT2D eigenvalue weighted by Crippen LogP contribution is -2.21. The Hall–Kier alpha value is -3.10. The molecule has 2 aromatic carbocycles. The smallest absolute Gasteiger partial charge is 0.387 e. The number of carbonyl (C=O) groups excluding carboxylic acids is 2. The zero-order valence-electron chi connectivity index (χ0n) is 12.5. The Balaban J connectivity index is 1.87. The molecule has 0 aliphatic rings. The molecule has 0 atom stereocenters. The number of benzene rings is 2. The van der Waals surface area contributed by atoms with Crippen LogP contribution in [-0.4, -0.2) is 25.1 Å². The highest BCUT2D eigenvalue weighted by Crippen LogP contribution is 2.16. The fourth-order valence-electron chi connectivity index (χ4n) is 1.76. The first-order valence-electron chi connectivity index (χ1n) is 6.82. The van der Waals surface area contributed by atoms with E-state index in [9.17, 15) is 27.2 Å². The number of carbonyl (C=O) groups is 2. The van der Waals surface area contributed by atoms with Crippen molar-refractivity contribution in [3.63, 3.8) is 0 Å². The number of anilines is 1. The lowest BCUT2D eigenvalue weighted by Gasteiger charge is -2.08. The number of hydrogen-bond donors (Lipinski definition) is 1. The molecule has 0 saturated heterocycles. The SMILES string of the molecule is O=C(COC(=O)c1ccc(OC(F)F)cc1)Nc1ccc(F)cc1F. The van der Waals surface area contributed by atoms with Crippen LogP contribution in [-0.2, 0) is 9.53 Å². The topological polar surface area (TPSA) is 64.6 Å². The van der Waals surface area contributed by atoms with E-state index in [-0.39, 0.29) is 17.0 Å². The van der Waals surface area contributed by atoms with E-state index in [0.29, 0.717) is 6.07 Å². The fourth-order valence-corrected chi connectivity index (χ4v) is 1.76. The number of alkyl halides is 2. The van der Waals surface area contributed by atoms with E-state index < -0.39 is 36.7 Å². The number of rotatable bonds is 6. The molecule has 0 heterocycles. The molecule has 25 heavy (non-hydrogen) atoms. The van der Waals surface area contributed by atoms with Gasteiger partial charge in [0.05, 0.1) is 11.3 Å². The first kappa shape index (κ1) is 18.2. The largest absolute Gasteiger partial charge is 0.452 e. The number of ether oxygens (including phenoxy) is 2. The van der Waals surface area contributed by atoms with Crippen molar-refractivity contribution in [1.82, 2.24) is 0 Å². The standard InChI is InChI=1S/C16H11F4NO4/c17-10-3-6-13(12(18)7-10)21-14(22)8-24-15(23)9-1-4-11(5-2-9)25-16(19)20/h1-7,16H,8H2,(H,21,22). The predicted molar refractivity (Wildman–Crippen MR) is 78.3 cm³/mol. The van der Waals surface area contributed by atoms with Crippen LogP contribution in [0.15, 0.2) is 42.5 Å². The molecule has 0 unspecified atom stereocenters. The molecule has 1 amide bonds. The lowest BCUT2D eigenvalue weighted by molar-refractivity contribution is -0.119. The van der Waals surface area contributed by atoms with Crippen LogP contribution in [0.2, 0.25) is 0 Å². The average Bonchev–Trinajstić information content (AvgIpc) is 2.55. The Morgan fingerprint density at radius 1 is 1.04 bits per heavy atom. The highest BCUT2D eigenvalue weighted by molar-refractivity contribution is 5.95. The van der Waals surface area contributed by atoms with Crippen LogP contribution in [0.4, 0.5) is 23.2 Å². The van der Waals surface area contributed by atoms with Crippen molar-refractivity contribution in [3.8, 4) is 5.75 Å². The highest BCUT2D eigenvalue weighted by atomic mass is 19.3. The van der Waals surface area contributed by atoms with Crippen LogP contribution < -0.4 is 10.1 Å². The van der Waals surface area contributed by atoms with Gasteiger partial charge in [0.15, 0.2) is 6.61 Å². The number of hydrogen-bond acceptors (Lipinski definition) is 4. The summed E-state index contributed by atoms with van der Waals surface area (Å²) in [6.45, 7) is -3.71. The Morgan fingerprint density at radius 2 is 1.72 bits per heavy atom. The minimum Gasteiger partial charge on any atom is -0.452 e. The van der Waals surface area contributed by atoms with E-state index in [2.05, 4.69) is 10.1 Å². The number of nitrogens with one attached hydrogen (secondary N) is 1. The first-order valence-corrected chi connectivity index (χ1v) is 6.82. The van der Waals surface area contributed by atoms with Crippen LogP contribution in [0.1, 0.15) is 10.4 Å². The predicted octanol–water partition coefficient (Wildman–Crippen LogP) is 3.36. The van der Waals surface area contributed by atoms with Gasteiger partial charge in [-0.05, 0) is 36.4 Å². The molecular formula is C16H11F4NO4. The molecule has 5 nitrogen and oxygen atoms in total. The Bertz CT molecular complexity index is 765. The van der Waals surface area contributed by atoms with Crippen LogP contribution in [0.5, 0.6) is 5.75 Å². The van der Waals surface area contributed by atoms with Crippen molar-refractivity contribution < 1.29 is 36.6 Å². The van der Waals surface area contributed by atoms with E-state index in [1.807, 2.05) is 0 Å². The van der Waals surface area contributed by atoms with Gasteiger partial charge in [-0.25, -0.2) is 13.6 Å². The molecule has 0 aliphatic carbocycles. The van der Waals surface area contributed by atoms with Crippen molar-refractivity contribution in [2.45, 2.75) is 6.61 Å². The minimum atomic E-state index is -2.99. The maximum Gasteiger partial charge on any atom is 0.387 e. The van der Waals surface area contributed by atoms with Crippen molar-refractivity contribution in [3.05, 3.63) is 59.7 Å². The summed E-state index contributed by atoms with van der Waals surface area (Å²) in [7, 11) is 0. The van der Waals surface area contributed by atoms with Crippen molar-refractivity contribution >= 4 is 17.6 Å². The summed E-state index contributed by atoms with van der Waals surface area (Å²) < 4.78 is 59.0. The van der Waals surface area contributed by atoms with Gasteiger partial charge in [0, 0.05) is 6.07 Å². The second kappa shape index (κ2) is 8.13. The molecule has 0 bridgehead atoms. The van der Waals surface area contributed by atoms with Gasteiger partial charge in [0.2, 0.25) is 0 Å². The van der Waals surface area contributed by atoms with Gasteiger partial charge in [-0.15, -0.1) is 0 Å². The first-order chi connectivity index (χ1) is 11.8. The van der Waals surface area contributed by atoms with Crippen molar-refractivity contribution in [1.29, 1.82) is 0 Å². The Kier molecular flexibility index (Phi) is 5.93. The van der Waals surface area contributed by atoms with Crippen LogP contribution in [0, 0.1) is 11.6 Å². The normalized spacial score (nSPS) is 10.4. The number of halogens is 4. The third kappa shape index (κ3) is 5.48. The molecule has 0 aromatic heterocycles. The van der Waals surface area contributed by atoms with Crippen LogP contribution >= 0.6 is 0 Å². The van der Waals surface area contributed by atoms with Gasteiger partial charge in [0.25, 0.3) is 5.91 Å². The fraction of sp³-hybridized carbons (Fsp3) is 0.125. The molecule has 9 heteroatoms. The molecular weight excluding hydrogens is 346 g/mol. The second-order valence-electron chi connectivity index (χ2n) is 4.65. The molecule has 0 spiro atoms.